The molecule has 0 atom stereocenters. The third kappa shape index (κ3) is 3.95. The van der Waals surface area contributed by atoms with Crippen LogP contribution < -0.4 is 95.9 Å². The molecule has 0 aromatic rings. The largest absolute Gasteiger partial charge is 1.00 e. The molecule has 9 nitrogen and oxygen atoms in total. The molecule has 1 aliphatic rings. The average molecular weight is 272 g/mol. The number of rotatable bonds is 4. The number of carboxylic acids is 4. The van der Waals surface area contributed by atoms with E-state index in [2.05, 4.69) is 4.74 Å². The second-order valence-corrected chi connectivity index (χ2v) is 3.33. The summed E-state index contributed by atoms with van der Waals surface area (Å²) in [7, 11) is 0. The quantitative estimate of drug-likeness (QED) is 0.355. The molecule has 0 aliphatic carbocycles. The van der Waals surface area contributed by atoms with E-state index in [4.69, 9.17) is 0 Å². The molecule has 1 rings (SSSR count). The van der Waals surface area contributed by atoms with Crippen LogP contribution in [0.4, 0.5) is 0 Å². The summed E-state index contributed by atoms with van der Waals surface area (Å²) in [6.45, 7) is -0.746. The first-order valence-electron chi connectivity index (χ1n) is 4.23. The van der Waals surface area contributed by atoms with Crippen LogP contribution >= 0.6 is 0 Å². The Morgan fingerprint density at radius 2 is 1.05 bits per heavy atom. The van der Waals surface area contributed by atoms with E-state index in [1.54, 1.807) is 0 Å². The fraction of sp³-hybridized carbons (Fsp3) is 0.500. The van der Waals surface area contributed by atoms with Gasteiger partial charge < -0.3 is 44.3 Å². The average Bonchev–Trinajstić information content (AvgIpc) is 2.58. The van der Waals surface area contributed by atoms with Crippen molar-refractivity contribution >= 4 is 23.9 Å². The van der Waals surface area contributed by atoms with E-state index in [1.165, 1.54) is 0 Å². The second kappa shape index (κ2) is 10.1. The molecule has 0 radical (unpaired) electrons. The van der Waals surface area contributed by atoms with E-state index in [9.17, 15) is 39.6 Å². The van der Waals surface area contributed by atoms with Gasteiger partial charge in [-0.25, -0.2) is 0 Å². The summed E-state index contributed by atoms with van der Waals surface area (Å²) < 4.78 is 4.24. The second-order valence-electron chi connectivity index (χ2n) is 3.33. The number of hydrogen-bond donors (Lipinski definition) is 0. The summed E-state index contributed by atoms with van der Waals surface area (Å²) in [4.78, 5) is 43.1. The third-order valence-electron chi connectivity index (χ3n) is 2.67. The van der Waals surface area contributed by atoms with Gasteiger partial charge >= 0.3 is 75.4 Å². The van der Waals surface area contributed by atoms with Crippen LogP contribution in [0.15, 0.2) is 0 Å². The molecular weight excluding hydrogens is 268 g/mol. The van der Waals surface area contributed by atoms with Gasteiger partial charge in [0.1, 0.15) is 0 Å². The molecule has 0 N–H and O–H groups in total. The summed E-state index contributed by atoms with van der Waals surface area (Å²) in [6, 6.07) is 0. The van der Waals surface area contributed by atoms with Gasteiger partial charge in [0, 0.05) is 6.61 Å². The van der Waals surface area contributed by atoms with Crippen LogP contribution in [0.1, 0.15) is 6.42 Å². The van der Waals surface area contributed by atoms with E-state index >= 15 is 0 Å². The summed E-state index contributed by atoms with van der Waals surface area (Å²) in [5, 5.41) is 43.1. The molecule has 21 heavy (non-hydrogen) atoms. The van der Waals surface area contributed by atoms with Crippen LogP contribution in [0.5, 0.6) is 0 Å². The van der Waals surface area contributed by atoms with Crippen molar-refractivity contribution in [2.75, 3.05) is 6.61 Å². The molecule has 0 saturated carbocycles. The van der Waals surface area contributed by atoms with Crippen LogP contribution in [0.3, 0.4) is 0 Å². The Labute approximate surface area is 166 Å². The molecule has 0 unspecified atom stereocenters. The number of carbonyl (C=O) groups is 4. The van der Waals surface area contributed by atoms with Crippen LogP contribution in [0.2, 0.25) is 0 Å². The minimum Gasteiger partial charge on any atom is -0.549 e. The van der Waals surface area contributed by atoms with E-state index in [0.29, 0.717) is 0 Å². The minimum atomic E-state index is -3.66. The molecule has 1 heterocycles. The van der Waals surface area contributed by atoms with Gasteiger partial charge in [-0.2, -0.15) is 0 Å². The summed E-state index contributed by atoms with van der Waals surface area (Å²) in [5.41, 5.74) is -7.05. The number of hydrogen-bond acceptors (Lipinski definition) is 9. The molecule has 0 aromatic heterocycles. The first-order valence-corrected chi connectivity index (χ1v) is 4.23. The maximum atomic E-state index is 10.8. The molecule has 0 amide bonds. The van der Waals surface area contributed by atoms with Crippen molar-refractivity contribution < 1.29 is 120 Å². The molecule has 1 aliphatic heterocycles. The first kappa shape index (κ1) is 29.3. The van der Waals surface area contributed by atoms with Gasteiger partial charge in [0.25, 0.3) is 0 Å². The van der Waals surface area contributed by atoms with Crippen LogP contribution in [-0.4, -0.2) is 36.1 Å². The van der Waals surface area contributed by atoms with Crippen LogP contribution in [-0.2, 0) is 23.9 Å². The Bertz CT molecular complexity index is 358. The predicted octanol–water partition coefficient (Wildman–Crippen LogP) is -18.9. The number of carboxylic acid groups (broad SMARTS) is 4. The van der Waals surface area contributed by atoms with Crippen molar-refractivity contribution in [1.82, 2.24) is 0 Å². The fourth-order valence-electron chi connectivity index (χ4n) is 1.78. The molecule has 0 spiro atoms. The van der Waals surface area contributed by atoms with Gasteiger partial charge in [-0.15, -0.1) is 0 Å². The first-order chi connectivity index (χ1) is 7.73. The molecule has 94 valence electrons. The smallest absolute Gasteiger partial charge is 0.549 e. The van der Waals surface area contributed by atoms with E-state index < -0.39 is 47.9 Å². The van der Waals surface area contributed by atoms with Gasteiger partial charge in [0.15, 0.2) is 5.60 Å². The Morgan fingerprint density at radius 3 is 1.24 bits per heavy atom. The van der Waals surface area contributed by atoms with Gasteiger partial charge in [-0.3, -0.25) is 0 Å². The number of ether oxygens (including phenoxy) is 1. The summed E-state index contributed by atoms with van der Waals surface area (Å²) in [6.07, 6.45) is -0.945. The van der Waals surface area contributed by atoms with Crippen molar-refractivity contribution in [2.24, 2.45) is 5.41 Å². The van der Waals surface area contributed by atoms with Gasteiger partial charge in [0.05, 0.1) is 29.3 Å². The number of aliphatic carboxylic acids is 4. The van der Waals surface area contributed by atoms with E-state index in [0.717, 1.165) is 0 Å². The zero-order valence-electron chi connectivity index (χ0n) is 12.1. The maximum absolute atomic E-state index is 10.8. The maximum Gasteiger partial charge on any atom is 1.00 e. The molecule has 13 heteroatoms. The SMILES string of the molecule is O=C([O-])C1(C(=O)[O-])CCOC1(C(=O)[O-])C(=O)[O-].[Li+].[Li+].[Li+].[Li+]. The Hall–Kier alpha value is 0.230. The zero-order chi connectivity index (χ0) is 13.4. The Balaban J connectivity index is -0.000000361. The third-order valence-corrected chi connectivity index (χ3v) is 2.67. The van der Waals surface area contributed by atoms with E-state index in [-0.39, 0.29) is 75.4 Å². The molecule has 1 saturated heterocycles. The van der Waals surface area contributed by atoms with Crippen molar-refractivity contribution in [3.63, 3.8) is 0 Å². The molecular formula is C8H4Li4O9. The Morgan fingerprint density at radius 1 is 0.714 bits per heavy atom. The monoisotopic (exact) mass is 272 g/mol. The van der Waals surface area contributed by atoms with Gasteiger partial charge in [-0.1, -0.05) is 0 Å². The Kier molecular flexibility index (Phi) is 14.1. The topological polar surface area (TPSA) is 170 Å². The van der Waals surface area contributed by atoms with Gasteiger partial charge in [-0.05, 0) is 6.42 Å². The standard InChI is InChI=1S/C8H8O9.4Li/c9-3(10)7(4(11)12)1-2-17-8(7,5(13)14)6(15)16;;;;/h1-2H2,(H,9,10)(H,11,12)(H,13,14)(H,15,16);;;;/q;4*+1/p-4. The van der Waals surface area contributed by atoms with Crippen molar-refractivity contribution in [3.8, 4) is 0 Å². The normalized spacial score (nSPS) is 16.8. The van der Waals surface area contributed by atoms with Crippen molar-refractivity contribution in [1.29, 1.82) is 0 Å². The van der Waals surface area contributed by atoms with Crippen molar-refractivity contribution in [3.05, 3.63) is 0 Å². The van der Waals surface area contributed by atoms with Crippen LogP contribution in [0, 0.1) is 5.41 Å². The van der Waals surface area contributed by atoms with Crippen molar-refractivity contribution in [2.45, 2.75) is 12.0 Å². The predicted molar refractivity (Wildman–Crippen MR) is 35.8 cm³/mol. The van der Waals surface area contributed by atoms with Gasteiger partial charge in [0.2, 0.25) is 0 Å². The molecule has 1 fully saturated rings. The number of carbonyl (C=O) groups excluding carboxylic acids is 4. The minimum absolute atomic E-state index is 0. The summed E-state index contributed by atoms with van der Waals surface area (Å²) >= 11 is 0. The fourth-order valence-corrected chi connectivity index (χ4v) is 1.78. The van der Waals surface area contributed by atoms with E-state index in [1.807, 2.05) is 0 Å². The van der Waals surface area contributed by atoms with Crippen LogP contribution in [0.25, 0.3) is 0 Å². The zero-order valence-corrected chi connectivity index (χ0v) is 12.1. The molecule has 0 bridgehead atoms. The summed E-state index contributed by atoms with van der Waals surface area (Å²) in [5.74, 6) is -10.0. The molecule has 0 aromatic carbocycles.